The van der Waals surface area contributed by atoms with E-state index < -0.39 is 0 Å². The average molecular weight is 294 g/mol. The van der Waals surface area contributed by atoms with E-state index in [1.165, 1.54) is 5.69 Å². The Morgan fingerprint density at radius 2 is 2.27 bits per heavy atom. The molecule has 2 N–H and O–H groups in total. The lowest BCUT2D eigenvalue weighted by atomic mass is 9.93. The number of rotatable bonds is 2. The normalized spacial score (nSPS) is 17.4. The third-order valence-corrected chi connectivity index (χ3v) is 4.46. The summed E-state index contributed by atoms with van der Waals surface area (Å²) in [6.07, 6.45) is 4.95. The van der Waals surface area contributed by atoms with Gasteiger partial charge in [-0.3, -0.25) is 9.48 Å². The zero-order valence-corrected chi connectivity index (χ0v) is 12.5. The number of aromatic amines is 1. The van der Waals surface area contributed by atoms with Gasteiger partial charge in [0.2, 0.25) is 0 Å². The molecule has 0 aliphatic heterocycles. The fraction of sp³-hybridized carbons (Fsp3) is 0.294. The SMILES string of the molecule is Cn1ncc2c1CCCC2NC(=O)c1cc2ccccc2[nH]1. The Labute approximate surface area is 128 Å². The van der Waals surface area contributed by atoms with Crippen molar-refractivity contribution in [1.82, 2.24) is 20.1 Å². The van der Waals surface area contributed by atoms with Crippen LogP contribution in [0.25, 0.3) is 10.9 Å². The summed E-state index contributed by atoms with van der Waals surface area (Å²) in [4.78, 5) is 15.7. The quantitative estimate of drug-likeness (QED) is 0.763. The molecule has 1 aliphatic carbocycles. The molecule has 0 saturated heterocycles. The summed E-state index contributed by atoms with van der Waals surface area (Å²) >= 11 is 0. The van der Waals surface area contributed by atoms with Gasteiger partial charge in [-0.2, -0.15) is 5.10 Å². The first-order valence-electron chi connectivity index (χ1n) is 7.62. The molecule has 112 valence electrons. The van der Waals surface area contributed by atoms with Crippen molar-refractivity contribution in [2.75, 3.05) is 0 Å². The largest absolute Gasteiger partial charge is 0.351 e. The molecule has 5 heteroatoms. The summed E-state index contributed by atoms with van der Waals surface area (Å²) in [5.41, 5.74) is 3.97. The predicted octanol–water partition coefficient (Wildman–Crippen LogP) is 2.71. The molecule has 0 fully saturated rings. The van der Waals surface area contributed by atoms with E-state index in [4.69, 9.17) is 0 Å². The lowest BCUT2D eigenvalue weighted by Gasteiger charge is -2.23. The van der Waals surface area contributed by atoms with Gasteiger partial charge < -0.3 is 10.3 Å². The molecule has 1 aliphatic rings. The van der Waals surface area contributed by atoms with Crippen LogP contribution in [-0.2, 0) is 13.5 Å². The third-order valence-electron chi connectivity index (χ3n) is 4.46. The maximum Gasteiger partial charge on any atom is 0.268 e. The molecule has 5 nitrogen and oxygen atoms in total. The number of para-hydroxylation sites is 1. The van der Waals surface area contributed by atoms with Crippen molar-refractivity contribution >= 4 is 16.8 Å². The van der Waals surface area contributed by atoms with Crippen molar-refractivity contribution in [3.05, 3.63) is 53.5 Å². The Balaban J connectivity index is 1.60. The highest BCUT2D eigenvalue weighted by atomic mass is 16.1. The first kappa shape index (κ1) is 13.1. The lowest BCUT2D eigenvalue weighted by molar-refractivity contribution is 0.0928. The second kappa shape index (κ2) is 5.02. The van der Waals surface area contributed by atoms with Gasteiger partial charge in [-0.15, -0.1) is 0 Å². The van der Waals surface area contributed by atoms with Crippen LogP contribution in [0.3, 0.4) is 0 Å². The molecule has 0 radical (unpaired) electrons. The maximum absolute atomic E-state index is 12.5. The van der Waals surface area contributed by atoms with Crippen LogP contribution < -0.4 is 5.32 Å². The van der Waals surface area contributed by atoms with Crippen molar-refractivity contribution in [3.63, 3.8) is 0 Å². The second-order valence-corrected chi connectivity index (χ2v) is 5.86. The Hall–Kier alpha value is -2.56. The smallest absolute Gasteiger partial charge is 0.268 e. The van der Waals surface area contributed by atoms with E-state index in [1.54, 1.807) is 0 Å². The minimum absolute atomic E-state index is 0.0522. The van der Waals surface area contributed by atoms with E-state index in [1.807, 2.05) is 48.3 Å². The number of fused-ring (bicyclic) bond motifs is 2. The summed E-state index contributed by atoms with van der Waals surface area (Å²) < 4.78 is 1.91. The van der Waals surface area contributed by atoms with Crippen LogP contribution in [0.4, 0.5) is 0 Å². The number of nitrogens with zero attached hydrogens (tertiary/aromatic N) is 2. The van der Waals surface area contributed by atoms with Gasteiger partial charge in [0.15, 0.2) is 0 Å². The summed E-state index contributed by atoms with van der Waals surface area (Å²) in [6, 6.07) is 9.87. The monoisotopic (exact) mass is 294 g/mol. The van der Waals surface area contributed by atoms with Gasteiger partial charge in [0.05, 0.1) is 12.2 Å². The van der Waals surface area contributed by atoms with E-state index in [0.717, 1.165) is 35.7 Å². The number of carbonyl (C=O) groups is 1. The number of H-pyrrole nitrogens is 1. The molecule has 1 unspecified atom stereocenters. The predicted molar refractivity (Wildman–Crippen MR) is 84.7 cm³/mol. The van der Waals surface area contributed by atoms with Crippen molar-refractivity contribution in [2.24, 2.45) is 7.05 Å². The van der Waals surface area contributed by atoms with Crippen molar-refractivity contribution in [3.8, 4) is 0 Å². The topological polar surface area (TPSA) is 62.7 Å². The molecule has 2 heterocycles. The summed E-state index contributed by atoms with van der Waals surface area (Å²) in [5.74, 6) is -0.0575. The first-order chi connectivity index (χ1) is 10.7. The number of hydrogen-bond donors (Lipinski definition) is 2. The van der Waals surface area contributed by atoms with E-state index in [-0.39, 0.29) is 11.9 Å². The van der Waals surface area contributed by atoms with Gasteiger partial charge in [-0.25, -0.2) is 0 Å². The molecule has 4 rings (SSSR count). The number of carbonyl (C=O) groups excluding carboxylic acids is 1. The number of aromatic nitrogens is 3. The standard InChI is InChI=1S/C17H18N4O/c1-21-16-8-4-7-14(12(16)10-18-21)20-17(22)15-9-11-5-2-3-6-13(11)19-15/h2-3,5-6,9-10,14,19H,4,7-8H2,1H3,(H,20,22). The number of hydrogen-bond acceptors (Lipinski definition) is 2. The van der Waals surface area contributed by atoms with E-state index in [9.17, 15) is 4.79 Å². The second-order valence-electron chi connectivity index (χ2n) is 5.86. The van der Waals surface area contributed by atoms with Crippen molar-refractivity contribution < 1.29 is 4.79 Å². The molecule has 1 amide bonds. The Kier molecular flexibility index (Phi) is 2.99. The van der Waals surface area contributed by atoms with Crippen LogP contribution in [0.15, 0.2) is 36.5 Å². The van der Waals surface area contributed by atoms with Crippen LogP contribution in [0.2, 0.25) is 0 Å². The maximum atomic E-state index is 12.5. The lowest BCUT2D eigenvalue weighted by Crippen LogP contribution is -2.31. The van der Waals surface area contributed by atoms with Crippen LogP contribution in [0.5, 0.6) is 0 Å². The zero-order valence-electron chi connectivity index (χ0n) is 12.5. The molecule has 3 aromatic rings. The summed E-state index contributed by atoms with van der Waals surface area (Å²) in [6.45, 7) is 0. The third kappa shape index (κ3) is 2.09. The molecule has 0 bridgehead atoms. The van der Waals surface area contributed by atoms with E-state index in [0.29, 0.717) is 5.69 Å². The van der Waals surface area contributed by atoms with Crippen LogP contribution in [0, 0.1) is 0 Å². The zero-order chi connectivity index (χ0) is 15.1. The van der Waals surface area contributed by atoms with Gasteiger partial charge in [-0.1, -0.05) is 18.2 Å². The number of aryl methyl sites for hydroxylation is 1. The molecule has 2 aromatic heterocycles. The fourth-order valence-electron chi connectivity index (χ4n) is 3.29. The molecule has 0 spiro atoms. The van der Waals surface area contributed by atoms with Crippen LogP contribution in [0.1, 0.15) is 40.6 Å². The van der Waals surface area contributed by atoms with Crippen molar-refractivity contribution in [2.45, 2.75) is 25.3 Å². The number of benzene rings is 1. The highest BCUT2D eigenvalue weighted by Gasteiger charge is 2.25. The minimum atomic E-state index is -0.0575. The Morgan fingerprint density at radius 1 is 1.41 bits per heavy atom. The minimum Gasteiger partial charge on any atom is -0.351 e. The molecule has 1 aromatic carbocycles. The van der Waals surface area contributed by atoms with Gasteiger partial charge in [0, 0.05) is 29.2 Å². The number of nitrogens with one attached hydrogen (secondary N) is 2. The Morgan fingerprint density at radius 3 is 3.14 bits per heavy atom. The molecule has 1 atom stereocenters. The van der Waals surface area contributed by atoms with Crippen LogP contribution in [-0.4, -0.2) is 20.7 Å². The Bertz CT molecular complexity index is 812. The van der Waals surface area contributed by atoms with Gasteiger partial charge in [0.25, 0.3) is 5.91 Å². The fourth-order valence-corrected chi connectivity index (χ4v) is 3.29. The van der Waals surface area contributed by atoms with Crippen LogP contribution >= 0.6 is 0 Å². The highest BCUT2D eigenvalue weighted by Crippen LogP contribution is 2.29. The van der Waals surface area contributed by atoms with Gasteiger partial charge in [-0.05, 0) is 31.4 Å². The summed E-state index contributed by atoms with van der Waals surface area (Å²) in [7, 11) is 1.96. The molecular formula is C17H18N4O. The molecular weight excluding hydrogens is 276 g/mol. The first-order valence-corrected chi connectivity index (χ1v) is 7.62. The van der Waals surface area contributed by atoms with Crippen molar-refractivity contribution in [1.29, 1.82) is 0 Å². The van der Waals surface area contributed by atoms with Gasteiger partial charge in [0.1, 0.15) is 5.69 Å². The molecule has 22 heavy (non-hydrogen) atoms. The number of amides is 1. The summed E-state index contributed by atoms with van der Waals surface area (Å²) in [5, 5.41) is 8.52. The highest BCUT2D eigenvalue weighted by molar-refractivity contribution is 5.98. The molecule has 0 saturated carbocycles. The van der Waals surface area contributed by atoms with Gasteiger partial charge >= 0.3 is 0 Å². The van der Waals surface area contributed by atoms with E-state index >= 15 is 0 Å². The average Bonchev–Trinajstić information content (AvgIpc) is 3.12. The van der Waals surface area contributed by atoms with E-state index in [2.05, 4.69) is 15.4 Å².